The van der Waals surface area contributed by atoms with Gasteiger partial charge in [0.15, 0.2) is 0 Å². The predicted octanol–water partition coefficient (Wildman–Crippen LogP) is 1.70. The molecule has 0 aliphatic rings. The summed E-state index contributed by atoms with van der Waals surface area (Å²) in [4.78, 5) is 0. The third-order valence-corrected chi connectivity index (χ3v) is 2.18. The van der Waals surface area contributed by atoms with Gasteiger partial charge in [0.05, 0.1) is 7.11 Å². The van der Waals surface area contributed by atoms with Crippen LogP contribution in [0.25, 0.3) is 0 Å². The fourth-order valence-electron chi connectivity index (χ4n) is 0.655. The SMILES string of the molecule is CO[P+](=O)c1ccccc1. The van der Waals surface area contributed by atoms with E-state index in [9.17, 15) is 4.57 Å². The molecule has 0 heterocycles. The zero-order valence-corrected chi connectivity index (χ0v) is 6.54. The van der Waals surface area contributed by atoms with Crippen LogP contribution in [-0.2, 0) is 9.09 Å². The standard InChI is InChI=1S/C7H8O2P/c1-9-10(8)7-5-3-2-4-6-7/h2-6H,1H3/q+1. The van der Waals surface area contributed by atoms with Gasteiger partial charge in [-0.15, -0.1) is 4.52 Å². The summed E-state index contributed by atoms with van der Waals surface area (Å²) < 4.78 is 15.6. The number of hydrogen-bond donors (Lipinski definition) is 0. The molecule has 3 heteroatoms. The largest absolute Gasteiger partial charge is 0.548 e. The first-order chi connectivity index (χ1) is 4.84. The normalized spacial score (nSPS) is 11.1. The van der Waals surface area contributed by atoms with Crippen molar-refractivity contribution in [3.8, 4) is 0 Å². The Bertz CT molecular complexity index is 220. The molecule has 1 rings (SSSR count). The van der Waals surface area contributed by atoms with Gasteiger partial charge < -0.3 is 0 Å². The molecule has 1 aromatic rings. The summed E-state index contributed by atoms with van der Waals surface area (Å²) >= 11 is 0. The average molecular weight is 155 g/mol. The van der Waals surface area contributed by atoms with E-state index in [4.69, 9.17) is 0 Å². The average Bonchev–Trinajstić information content (AvgIpc) is 2.05. The zero-order valence-electron chi connectivity index (χ0n) is 5.65. The molecule has 0 saturated carbocycles. The van der Waals surface area contributed by atoms with Crippen molar-refractivity contribution in [3.63, 3.8) is 0 Å². The molecular formula is C7H8O2P+. The lowest BCUT2D eigenvalue weighted by Crippen LogP contribution is -1.93. The van der Waals surface area contributed by atoms with Gasteiger partial charge in [0.25, 0.3) is 0 Å². The molecule has 1 aromatic carbocycles. The first-order valence-corrected chi connectivity index (χ1v) is 4.09. The highest BCUT2D eigenvalue weighted by Gasteiger charge is 2.17. The van der Waals surface area contributed by atoms with Crippen LogP contribution in [-0.4, -0.2) is 7.11 Å². The molecule has 0 amide bonds. The van der Waals surface area contributed by atoms with Crippen molar-refractivity contribution < 1.29 is 9.09 Å². The maximum Gasteiger partial charge on any atom is 0.548 e. The van der Waals surface area contributed by atoms with Gasteiger partial charge in [-0.1, -0.05) is 18.2 Å². The Morgan fingerprint density at radius 1 is 1.30 bits per heavy atom. The van der Waals surface area contributed by atoms with E-state index in [-0.39, 0.29) is 0 Å². The first-order valence-electron chi connectivity index (χ1n) is 2.91. The molecule has 0 aliphatic heterocycles. The van der Waals surface area contributed by atoms with Crippen LogP contribution in [0.1, 0.15) is 0 Å². The van der Waals surface area contributed by atoms with Gasteiger partial charge in [0.1, 0.15) is 0 Å². The Kier molecular flexibility index (Phi) is 2.55. The summed E-state index contributed by atoms with van der Waals surface area (Å²) in [6, 6.07) is 9.11. The predicted molar refractivity (Wildman–Crippen MR) is 40.7 cm³/mol. The van der Waals surface area contributed by atoms with Crippen molar-refractivity contribution in [2.45, 2.75) is 0 Å². The van der Waals surface area contributed by atoms with E-state index in [1.807, 2.05) is 18.2 Å². The Labute approximate surface area is 60.7 Å². The molecule has 10 heavy (non-hydrogen) atoms. The van der Waals surface area contributed by atoms with E-state index in [2.05, 4.69) is 4.52 Å². The molecule has 0 bridgehead atoms. The maximum atomic E-state index is 10.9. The molecule has 2 nitrogen and oxygen atoms in total. The van der Waals surface area contributed by atoms with Gasteiger partial charge in [-0.2, -0.15) is 0 Å². The molecule has 0 radical (unpaired) electrons. The summed E-state index contributed by atoms with van der Waals surface area (Å²) in [6.07, 6.45) is 0. The van der Waals surface area contributed by atoms with Crippen LogP contribution >= 0.6 is 8.03 Å². The lowest BCUT2D eigenvalue weighted by molar-refractivity contribution is 0.423. The molecule has 52 valence electrons. The maximum absolute atomic E-state index is 10.9. The second kappa shape index (κ2) is 3.45. The Hall–Kier alpha value is -0.720. The second-order valence-corrected chi connectivity index (χ2v) is 3.17. The quantitative estimate of drug-likeness (QED) is 0.607. The zero-order chi connectivity index (χ0) is 7.40. The lowest BCUT2D eigenvalue weighted by atomic mass is 10.4. The minimum atomic E-state index is -1.62. The topological polar surface area (TPSA) is 26.3 Å². The van der Waals surface area contributed by atoms with E-state index >= 15 is 0 Å². The van der Waals surface area contributed by atoms with Crippen LogP contribution in [0.15, 0.2) is 30.3 Å². The van der Waals surface area contributed by atoms with Gasteiger partial charge in [0.2, 0.25) is 5.30 Å². The van der Waals surface area contributed by atoms with Crippen LogP contribution in [0.5, 0.6) is 0 Å². The van der Waals surface area contributed by atoms with Crippen LogP contribution in [0.3, 0.4) is 0 Å². The number of hydrogen-bond acceptors (Lipinski definition) is 2. The molecule has 0 aromatic heterocycles. The summed E-state index contributed by atoms with van der Waals surface area (Å²) in [6.45, 7) is 0. The van der Waals surface area contributed by atoms with E-state index < -0.39 is 8.03 Å². The van der Waals surface area contributed by atoms with E-state index in [1.54, 1.807) is 12.1 Å². The van der Waals surface area contributed by atoms with Gasteiger partial charge in [-0.25, -0.2) is 0 Å². The monoisotopic (exact) mass is 155 g/mol. The highest BCUT2D eigenvalue weighted by molar-refractivity contribution is 7.48. The second-order valence-electron chi connectivity index (χ2n) is 1.78. The van der Waals surface area contributed by atoms with Gasteiger partial charge in [0, 0.05) is 0 Å². The summed E-state index contributed by atoms with van der Waals surface area (Å²) in [5.41, 5.74) is 0. The molecule has 0 spiro atoms. The van der Waals surface area contributed by atoms with Crippen molar-refractivity contribution in [1.82, 2.24) is 0 Å². The van der Waals surface area contributed by atoms with E-state index in [0.717, 1.165) is 5.30 Å². The van der Waals surface area contributed by atoms with Crippen molar-refractivity contribution in [2.75, 3.05) is 7.11 Å². The molecule has 1 unspecified atom stereocenters. The lowest BCUT2D eigenvalue weighted by Gasteiger charge is -1.80. The Morgan fingerprint density at radius 3 is 2.40 bits per heavy atom. The van der Waals surface area contributed by atoms with Crippen LogP contribution < -0.4 is 5.30 Å². The van der Waals surface area contributed by atoms with Gasteiger partial charge >= 0.3 is 8.03 Å². The van der Waals surface area contributed by atoms with Crippen LogP contribution in [0, 0.1) is 0 Å². The fraction of sp³-hybridized carbons (Fsp3) is 0.143. The van der Waals surface area contributed by atoms with Gasteiger partial charge in [-0.05, 0) is 16.7 Å². The van der Waals surface area contributed by atoms with Crippen molar-refractivity contribution >= 4 is 13.3 Å². The number of rotatable bonds is 2. The van der Waals surface area contributed by atoms with E-state index in [1.165, 1.54) is 7.11 Å². The third kappa shape index (κ3) is 1.63. The molecule has 0 fully saturated rings. The fourth-order valence-corrected chi connectivity index (χ4v) is 1.28. The molecule has 0 saturated heterocycles. The summed E-state index contributed by atoms with van der Waals surface area (Å²) in [7, 11) is -0.187. The minimum Gasteiger partial charge on any atom is -0.145 e. The van der Waals surface area contributed by atoms with Crippen molar-refractivity contribution in [1.29, 1.82) is 0 Å². The van der Waals surface area contributed by atoms with Gasteiger partial charge in [-0.3, -0.25) is 0 Å². The smallest absolute Gasteiger partial charge is 0.145 e. The first kappa shape index (κ1) is 7.39. The number of benzene rings is 1. The molecular weight excluding hydrogens is 147 g/mol. The third-order valence-electron chi connectivity index (χ3n) is 1.13. The molecule has 0 aliphatic carbocycles. The van der Waals surface area contributed by atoms with Crippen LogP contribution in [0.2, 0.25) is 0 Å². The Balaban J connectivity index is 2.85. The Morgan fingerprint density at radius 2 is 1.90 bits per heavy atom. The summed E-state index contributed by atoms with van der Waals surface area (Å²) in [5.74, 6) is 0. The molecule has 1 atom stereocenters. The summed E-state index contributed by atoms with van der Waals surface area (Å²) in [5, 5.41) is 0.736. The highest BCUT2D eigenvalue weighted by Crippen LogP contribution is 2.18. The van der Waals surface area contributed by atoms with Crippen molar-refractivity contribution in [2.24, 2.45) is 0 Å². The van der Waals surface area contributed by atoms with Crippen molar-refractivity contribution in [3.05, 3.63) is 30.3 Å². The van der Waals surface area contributed by atoms with Crippen LogP contribution in [0.4, 0.5) is 0 Å². The van der Waals surface area contributed by atoms with E-state index in [0.29, 0.717) is 0 Å². The highest BCUT2D eigenvalue weighted by atomic mass is 31.1. The minimum absolute atomic E-state index is 0.736. The molecule has 0 N–H and O–H groups in total.